The number of benzene rings is 2. The minimum atomic E-state index is -0.263. The van der Waals surface area contributed by atoms with E-state index >= 15 is 0 Å². The van der Waals surface area contributed by atoms with E-state index in [0.29, 0.717) is 36.0 Å². The molecule has 0 bridgehead atoms. The lowest BCUT2D eigenvalue weighted by Crippen LogP contribution is -2.15. The molecule has 0 atom stereocenters. The van der Waals surface area contributed by atoms with E-state index in [2.05, 4.69) is 15.5 Å². The Balaban J connectivity index is 1.44. The van der Waals surface area contributed by atoms with E-state index in [-0.39, 0.29) is 24.2 Å². The number of amides is 1. The number of nitrogens with zero attached hydrogens (tertiary/aromatic N) is 2. The minimum Gasteiger partial charge on any atom is -0.497 e. The Hall–Kier alpha value is -3.55. The Labute approximate surface area is 155 Å². The van der Waals surface area contributed by atoms with Gasteiger partial charge < -0.3 is 18.6 Å². The first-order chi connectivity index (χ1) is 13.2. The number of aromatic nitrogens is 2. The van der Waals surface area contributed by atoms with Crippen molar-refractivity contribution in [3.05, 3.63) is 48.0 Å². The summed E-state index contributed by atoms with van der Waals surface area (Å²) in [7, 11) is 1.58. The average Bonchev–Trinajstić information content (AvgIpc) is 3.16. The van der Waals surface area contributed by atoms with Crippen LogP contribution in [-0.4, -0.2) is 36.4 Å². The van der Waals surface area contributed by atoms with E-state index in [4.69, 9.17) is 18.6 Å². The minimum absolute atomic E-state index is 0.0350. The van der Waals surface area contributed by atoms with Crippen LogP contribution in [0, 0.1) is 0 Å². The van der Waals surface area contributed by atoms with Crippen molar-refractivity contribution < 1.29 is 23.4 Å². The van der Waals surface area contributed by atoms with Crippen molar-refractivity contribution in [3.8, 4) is 28.7 Å². The number of hydrogen-bond donors (Lipinski definition) is 1. The van der Waals surface area contributed by atoms with Crippen LogP contribution in [0.15, 0.2) is 46.9 Å². The molecule has 4 rings (SSSR count). The van der Waals surface area contributed by atoms with Gasteiger partial charge in [0.25, 0.3) is 0 Å². The number of methoxy groups -OCH3 is 1. The van der Waals surface area contributed by atoms with Gasteiger partial charge in [0.1, 0.15) is 19.0 Å². The van der Waals surface area contributed by atoms with Crippen molar-refractivity contribution in [2.24, 2.45) is 0 Å². The third-order valence-corrected chi connectivity index (χ3v) is 3.96. The van der Waals surface area contributed by atoms with Crippen LogP contribution in [-0.2, 0) is 11.2 Å². The fraction of sp³-hybridized carbons (Fsp3) is 0.211. The second-order valence-electron chi connectivity index (χ2n) is 5.85. The molecule has 3 aromatic rings. The summed E-state index contributed by atoms with van der Waals surface area (Å²) in [4.78, 5) is 12.2. The Morgan fingerprint density at radius 1 is 1.11 bits per heavy atom. The zero-order valence-corrected chi connectivity index (χ0v) is 14.6. The molecule has 0 spiro atoms. The summed E-state index contributed by atoms with van der Waals surface area (Å²) in [5.41, 5.74) is 1.50. The molecule has 0 saturated heterocycles. The van der Waals surface area contributed by atoms with Gasteiger partial charge in [-0.3, -0.25) is 10.1 Å². The molecule has 0 unspecified atom stereocenters. The molecule has 8 nitrogen and oxygen atoms in total. The number of rotatable bonds is 5. The molecule has 2 heterocycles. The van der Waals surface area contributed by atoms with Crippen LogP contribution >= 0.6 is 0 Å². The Kier molecular flexibility index (Phi) is 4.61. The smallest absolute Gasteiger partial charge is 0.322 e. The number of anilines is 1. The maximum Gasteiger partial charge on any atom is 0.322 e. The van der Waals surface area contributed by atoms with Crippen molar-refractivity contribution in [2.45, 2.75) is 6.42 Å². The van der Waals surface area contributed by atoms with Crippen LogP contribution in [0.2, 0.25) is 0 Å². The predicted molar refractivity (Wildman–Crippen MR) is 96.1 cm³/mol. The van der Waals surface area contributed by atoms with Gasteiger partial charge in [-0.25, -0.2) is 0 Å². The van der Waals surface area contributed by atoms with Gasteiger partial charge in [-0.15, -0.1) is 5.10 Å². The highest BCUT2D eigenvalue weighted by Crippen LogP contribution is 2.34. The van der Waals surface area contributed by atoms with Gasteiger partial charge in [0.2, 0.25) is 11.8 Å². The first kappa shape index (κ1) is 16.9. The number of carbonyl (C=O) groups excluding carboxylic acids is 1. The van der Waals surface area contributed by atoms with E-state index in [1.165, 1.54) is 0 Å². The van der Waals surface area contributed by atoms with Gasteiger partial charge in [-0.2, -0.15) is 0 Å². The quantitative estimate of drug-likeness (QED) is 0.741. The van der Waals surface area contributed by atoms with Crippen molar-refractivity contribution in [3.63, 3.8) is 0 Å². The number of fused-ring (bicyclic) bond motifs is 1. The van der Waals surface area contributed by atoms with Crippen LogP contribution in [0.1, 0.15) is 5.56 Å². The van der Waals surface area contributed by atoms with Crippen molar-refractivity contribution >= 4 is 11.9 Å². The summed E-state index contributed by atoms with van der Waals surface area (Å²) in [6, 6.07) is 12.7. The summed E-state index contributed by atoms with van der Waals surface area (Å²) in [6.07, 6.45) is 0.166. The molecule has 0 fully saturated rings. The van der Waals surface area contributed by atoms with Gasteiger partial charge in [-0.1, -0.05) is 17.2 Å². The Morgan fingerprint density at radius 2 is 1.96 bits per heavy atom. The molecular formula is C19H17N3O5. The van der Waals surface area contributed by atoms with E-state index in [9.17, 15) is 4.79 Å². The third-order valence-electron chi connectivity index (χ3n) is 3.96. The summed E-state index contributed by atoms with van der Waals surface area (Å²) < 4.78 is 21.7. The van der Waals surface area contributed by atoms with Gasteiger partial charge in [0.15, 0.2) is 11.5 Å². The van der Waals surface area contributed by atoms with Crippen LogP contribution < -0.4 is 19.5 Å². The summed E-state index contributed by atoms with van der Waals surface area (Å²) in [6.45, 7) is 1.02. The summed E-state index contributed by atoms with van der Waals surface area (Å²) >= 11 is 0. The average molecular weight is 367 g/mol. The molecule has 0 saturated carbocycles. The number of nitrogens with one attached hydrogen (secondary N) is 1. The normalized spacial score (nSPS) is 12.5. The fourth-order valence-corrected chi connectivity index (χ4v) is 2.70. The van der Waals surface area contributed by atoms with Crippen LogP contribution in [0.25, 0.3) is 11.5 Å². The standard InChI is InChI=1S/C19H17N3O5/c1-24-14-4-2-3-12(9-14)10-17(23)20-19-22-21-18(27-19)13-5-6-15-16(11-13)26-8-7-25-15/h2-6,9,11H,7-8,10H2,1H3,(H,20,22,23). The lowest BCUT2D eigenvalue weighted by molar-refractivity contribution is -0.115. The number of hydrogen-bond acceptors (Lipinski definition) is 7. The summed E-state index contributed by atoms with van der Waals surface area (Å²) in [5.74, 6) is 2.01. The SMILES string of the molecule is COc1cccc(CC(=O)Nc2nnc(-c3ccc4c(c3)OCCO4)o2)c1. The lowest BCUT2D eigenvalue weighted by Gasteiger charge is -2.18. The van der Waals surface area contributed by atoms with Crippen LogP contribution in [0.4, 0.5) is 6.01 Å². The Morgan fingerprint density at radius 3 is 2.81 bits per heavy atom. The zero-order chi connectivity index (χ0) is 18.6. The molecule has 1 aromatic heterocycles. The van der Waals surface area contributed by atoms with Crippen molar-refractivity contribution in [1.29, 1.82) is 0 Å². The molecule has 0 aliphatic carbocycles. The highest BCUT2D eigenvalue weighted by atomic mass is 16.6. The second-order valence-corrected chi connectivity index (χ2v) is 5.85. The van der Waals surface area contributed by atoms with Gasteiger partial charge in [-0.05, 0) is 35.9 Å². The van der Waals surface area contributed by atoms with Gasteiger partial charge in [0, 0.05) is 5.56 Å². The zero-order valence-electron chi connectivity index (χ0n) is 14.6. The molecule has 1 amide bonds. The number of ether oxygens (including phenoxy) is 3. The lowest BCUT2D eigenvalue weighted by atomic mass is 10.1. The predicted octanol–water partition coefficient (Wildman–Crippen LogP) is 2.70. The van der Waals surface area contributed by atoms with Gasteiger partial charge in [0.05, 0.1) is 13.5 Å². The molecule has 8 heteroatoms. The second kappa shape index (κ2) is 7.36. The molecule has 1 aliphatic rings. The first-order valence-electron chi connectivity index (χ1n) is 8.37. The molecule has 1 N–H and O–H groups in total. The van der Waals surface area contributed by atoms with Crippen LogP contribution in [0.3, 0.4) is 0 Å². The topological polar surface area (TPSA) is 95.7 Å². The molecule has 138 valence electrons. The molecular weight excluding hydrogens is 350 g/mol. The van der Waals surface area contributed by atoms with E-state index in [1.54, 1.807) is 31.4 Å². The maximum atomic E-state index is 12.2. The highest BCUT2D eigenvalue weighted by molar-refractivity contribution is 5.90. The van der Waals surface area contributed by atoms with Crippen molar-refractivity contribution in [2.75, 3.05) is 25.6 Å². The molecule has 2 aromatic carbocycles. The maximum absolute atomic E-state index is 12.2. The first-order valence-corrected chi connectivity index (χ1v) is 8.37. The number of carbonyl (C=O) groups is 1. The summed E-state index contributed by atoms with van der Waals surface area (Å²) in [5, 5.41) is 10.5. The third kappa shape index (κ3) is 3.84. The molecule has 0 radical (unpaired) electrons. The van der Waals surface area contributed by atoms with Gasteiger partial charge >= 0.3 is 6.01 Å². The Bertz CT molecular complexity index is 969. The van der Waals surface area contributed by atoms with E-state index in [1.807, 2.05) is 18.2 Å². The fourth-order valence-electron chi connectivity index (χ4n) is 2.70. The van der Waals surface area contributed by atoms with E-state index in [0.717, 1.165) is 5.56 Å². The highest BCUT2D eigenvalue weighted by Gasteiger charge is 2.16. The van der Waals surface area contributed by atoms with Crippen LogP contribution in [0.5, 0.6) is 17.2 Å². The van der Waals surface area contributed by atoms with E-state index < -0.39 is 0 Å². The monoisotopic (exact) mass is 367 g/mol. The molecule has 1 aliphatic heterocycles. The largest absolute Gasteiger partial charge is 0.497 e. The van der Waals surface area contributed by atoms with Crippen molar-refractivity contribution in [1.82, 2.24) is 10.2 Å². The molecule has 27 heavy (non-hydrogen) atoms.